The second-order valence-corrected chi connectivity index (χ2v) is 11.4. The smallest absolute Gasteiger partial charge is 0.265 e. The van der Waals surface area contributed by atoms with Crippen molar-refractivity contribution in [1.82, 2.24) is 29.4 Å². The Morgan fingerprint density at radius 2 is 2.08 bits per heavy atom. The number of nitrogens with zero attached hydrogens (tertiary/aromatic N) is 7. The maximum Gasteiger partial charge on any atom is 0.265 e. The molecule has 2 aliphatic heterocycles. The summed E-state index contributed by atoms with van der Waals surface area (Å²) in [5.74, 6) is 0.920. The topological polar surface area (TPSA) is 88.3 Å². The van der Waals surface area contributed by atoms with Gasteiger partial charge in [0.2, 0.25) is 4.96 Å². The lowest BCUT2D eigenvalue weighted by atomic mass is 10.0. The van der Waals surface area contributed by atoms with Crippen LogP contribution >= 0.6 is 34.3 Å². The van der Waals surface area contributed by atoms with Crippen molar-refractivity contribution in [2.75, 3.05) is 51.9 Å². The van der Waals surface area contributed by atoms with Crippen molar-refractivity contribution in [3.8, 4) is 5.75 Å². The number of ether oxygens (including phenoxy) is 2. The van der Waals surface area contributed by atoms with Crippen molar-refractivity contribution in [3.63, 3.8) is 0 Å². The Hall–Kier alpha value is -3.03. The molecule has 10 nitrogen and oxygen atoms in total. The van der Waals surface area contributed by atoms with Gasteiger partial charge in [-0.3, -0.25) is 4.79 Å². The largest absolute Gasteiger partial charge is 0.481 e. The number of imidazole rings is 1. The number of fused-ring (bicyclic) bond motifs is 3. The van der Waals surface area contributed by atoms with E-state index in [4.69, 9.17) is 26.1 Å². The molecule has 0 bridgehead atoms. The summed E-state index contributed by atoms with van der Waals surface area (Å²) >= 11 is 9.58. The molecule has 1 amide bonds. The SMILES string of the molecule is CN(C)Cc1cc(C2c3c(nc4scnn34)C=CN2C(=O)COc2ccc(N3CCOCC3)nc2Cl)cs1. The molecule has 13 heteroatoms. The van der Waals surface area contributed by atoms with E-state index < -0.39 is 0 Å². The molecule has 4 aromatic heterocycles. The van der Waals surface area contributed by atoms with Gasteiger partial charge in [-0.15, -0.1) is 11.3 Å². The summed E-state index contributed by atoms with van der Waals surface area (Å²) in [4.78, 5) is 30.7. The highest BCUT2D eigenvalue weighted by atomic mass is 35.5. The molecule has 0 aromatic carbocycles. The third-order valence-corrected chi connectivity index (χ3v) is 8.26. The van der Waals surface area contributed by atoms with E-state index in [2.05, 4.69) is 31.3 Å². The van der Waals surface area contributed by atoms with Crippen LogP contribution in [0.5, 0.6) is 5.75 Å². The van der Waals surface area contributed by atoms with Gasteiger partial charge in [0.1, 0.15) is 17.4 Å². The van der Waals surface area contributed by atoms with Gasteiger partial charge in [0, 0.05) is 30.7 Å². The van der Waals surface area contributed by atoms with Crippen LogP contribution < -0.4 is 9.64 Å². The predicted molar refractivity (Wildman–Crippen MR) is 148 cm³/mol. The first-order valence-electron chi connectivity index (χ1n) is 12.1. The van der Waals surface area contributed by atoms with Crippen LogP contribution in [0.2, 0.25) is 5.15 Å². The normalized spacial score (nSPS) is 17.4. The number of aromatic nitrogens is 4. The monoisotopic (exact) mass is 571 g/mol. The van der Waals surface area contributed by atoms with Gasteiger partial charge in [-0.2, -0.15) is 5.10 Å². The Morgan fingerprint density at radius 1 is 1.24 bits per heavy atom. The molecule has 1 saturated heterocycles. The van der Waals surface area contributed by atoms with Gasteiger partial charge < -0.3 is 24.2 Å². The van der Waals surface area contributed by atoms with E-state index in [-0.39, 0.29) is 23.7 Å². The number of carbonyl (C=O) groups excluding carboxylic acids is 1. The highest BCUT2D eigenvalue weighted by Gasteiger charge is 2.35. The second-order valence-electron chi connectivity index (χ2n) is 9.27. The number of thiophene rings is 1. The summed E-state index contributed by atoms with van der Waals surface area (Å²) in [6.07, 6.45) is 3.63. The summed E-state index contributed by atoms with van der Waals surface area (Å²) in [6, 6.07) is 5.39. The fraction of sp³-hybridized carbons (Fsp3) is 0.360. The molecule has 0 aliphatic carbocycles. The minimum absolute atomic E-state index is 0.192. The van der Waals surface area contributed by atoms with Gasteiger partial charge in [0.15, 0.2) is 17.5 Å². The molecule has 1 fully saturated rings. The van der Waals surface area contributed by atoms with Crippen molar-refractivity contribution in [2.24, 2.45) is 0 Å². The molecule has 0 spiro atoms. The number of anilines is 1. The average Bonchev–Trinajstić information content (AvgIpc) is 3.64. The number of carbonyl (C=O) groups is 1. The third kappa shape index (κ3) is 4.90. The summed E-state index contributed by atoms with van der Waals surface area (Å²) in [7, 11) is 4.08. The van der Waals surface area contributed by atoms with E-state index in [1.54, 1.807) is 34.0 Å². The number of rotatable bonds is 7. The Balaban J connectivity index is 1.24. The van der Waals surface area contributed by atoms with Crippen LogP contribution in [0.4, 0.5) is 5.82 Å². The number of morpholine rings is 1. The summed E-state index contributed by atoms with van der Waals surface area (Å²) in [5.41, 5.74) is 4.44. The van der Waals surface area contributed by atoms with Crippen molar-refractivity contribution in [1.29, 1.82) is 0 Å². The zero-order valence-electron chi connectivity index (χ0n) is 20.9. The molecule has 4 aromatic rings. The van der Waals surface area contributed by atoms with Crippen molar-refractivity contribution in [2.45, 2.75) is 12.6 Å². The fourth-order valence-corrected chi connectivity index (χ4v) is 6.51. The highest BCUT2D eigenvalue weighted by molar-refractivity contribution is 7.14. The van der Waals surface area contributed by atoms with Gasteiger partial charge in [0.25, 0.3) is 5.91 Å². The molecule has 0 saturated carbocycles. The molecular weight excluding hydrogens is 546 g/mol. The molecule has 6 heterocycles. The number of halogens is 1. The summed E-state index contributed by atoms with van der Waals surface area (Å²) in [6.45, 7) is 3.45. The predicted octanol–water partition coefficient (Wildman–Crippen LogP) is 3.78. The first kappa shape index (κ1) is 25.3. The molecule has 2 aliphatic rings. The van der Waals surface area contributed by atoms with Gasteiger partial charge in [-0.25, -0.2) is 14.5 Å². The lowest BCUT2D eigenvalue weighted by Gasteiger charge is -2.31. The van der Waals surface area contributed by atoms with Crippen molar-refractivity contribution < 1.29 is 14.3 Å². The Kier molecular flexibility index (Phi) is 7.06. The first-order valence-corrected chi connectivity index (χ1v) is 14.3. The van der Waals surface area contributed by atoms with Crippen LogP contribution in [0.25, 0.3) is 11.0 Å². The Morgan fingerprint density at radius 3 is 2.87 bits per heavy atom. The van der Waals surface area contributed by atoms with E-state index in [9.17, 15) is 4.79 Å². The van der Waals surface area contributed by atoms with E-state index in [1.165, 1.54) is 16.2 Å². The third-order valence-electron chi connectivity index (χ3n) is 6.37. The standard InChI is InChI=1S/C25H26ClN7O3S2/c1-30(2)12-17-11-16(14-37-17)22-23-18(28-25-33(23)27-15-38-25)5-6-32(22)21(34)13-36-19-3-4-20(29-24(19)26)31-7-9-35-10-8-31/h3-6,11,14-15,22H,7-10,12-13H2,1-2H3. The quantitative estimate of drug-likeness (QED) is 0.310. The van der Waals surface area contributed by atoms with Gasteiger partial charge in [-0.05, 0) is 49.3 Å². The van der Waals surface area contributed by atoms with Crippen LogP contribution in [0.15, 0.2) is 35.3 Å². The van der Waals surface area contributed by atoms with Crippen LogP contribution in [0, 0.1) is 0 Å². The number of amides is 1. The van der Waals surface area contributed by atoms with Crippen LogP contribution in [0.1, 0.15) is 27.9 Å². The molecular formula is C25H26ClN7O3S2. The van der Waals surface area contributed by atoms with E-state index in [0.717, 1.165) is 47.4 Å². The maximum absolute atomic E-state index is 13.6. The zero-order valence-corrected chi connectivity index (χ0v) is 23.3. The molecule has 6 rings (SSSR count). The van der Waals surface area contributed by atoms with E-state index >= 15 is 0 Å². The minimum atomic E-state index is -0.382. The van der Waals surface area contributed by atoms with E-state index in [0.29, 0.717) is 19.0 Å². The first-order chi connectivity index (χ1) is 18.5. The zero-order chi connectivity index (χ0) is 26.2. The Bertz CT molecular complexity index is 1490. The average molecular weight is 572 g/mol. The van der Waals surface area contributed by atoms with Crippen LogP contribution in [-0.2, 0) is 16.1 Å². The highest BCUT2D eigenvalue weighted by Crippen LogP contribution is 2.38. The van der Waals surface area contributed by atoms with Gasteiger partial charge in [-0.1, -0.05) is 22.9 Å². The molecule has 0 radical (unpaired) electrons. The van der Waals surface area contributed by atoms with E-state index in [1.807, 2.05) is 30.8 Å². The summed E-state index contributed by atoms with van der Waals surface area (Å²) < 4.78 is 13.1. The minimum Gasteiger partial charge on any atom is -0.481 e. The lowest BCUT2D eigenvalue weighted by Crippen LogP contribution is -2.37. The van der Waals surface area contributed by atoms with Crippen molar-refractivity contribution in [3.05, 3.63) is 62.3 Å². The van der Waals surface area contributed by atoms with Gasteiger partial charge >= 0.3 is 0 Å². The number of hydrogen-bond donors (Lipinski definition) is 0. The fourth-order valence-electron chi connectivity index (χ4n) is 4.66. The molecule has 198 valence electrons. The molecule has 1 unspecified atom stereocenters. The molecule has 0 N–H and O–H groups in total. The molecule has 38 heavy (non-hydrogen) atoms. The Labute approximate surface area is 232 Å². The maximum atomic E-state index is 13.6. The summed E-state index contributed by atoms with van der Waals surface area (Å²) in [5, 5.41) is 6.82. The van der Waals surface area contributed by atoms with Crippen LogP contribution in [0.3, 0.4) is 0 Å². The van der Waals surface area contributed by atoms with Crippen LogP contribution in [-0.4, -0.2) is 82.3 Å². The van der Waals surface area contributed by atoms with Gasteiger partial charge in [0.05, 0.1) is 24.6 Å². The number of pyridine rings is 1. The lowest BCUT2D eigenvalue weighted by molar-refractivity contribution is -0.132. The molecule has 1 atom stereocenters. The number of hydrogen-bond acceptors (Lipinski definition) is 10. The second kappa shape index (κ2) is 10.6. The van der Waals surface area contributed by atoms with Crippen molar-refractivity contribution >= 4 is 57.0 Å².